The van der Waals surface area contributed by atoms with E-state index in [1.165, 1.54) is 0 Å². The molecule has 1 amide bonds. The molecule has 1 aliphatic heterocycles. The number of hydrogen-bond donors (Lipinski definition) is 0. The third-order valence-electron chi connectivity index (χ3n) is 5.84. The lowest BCUT2D eigenvalue weighted by atomic mass is 10.0. The van der Waals surface area contributed by atoms with Gasteiger partial charge in [0.1, 0.15) is 12.3 Å². The summed E-state index contributed by atoms with van der Waals surface area (Å²) in [5.74, 6) is 0.282. The van der Waals surface area contributed by atoms with Crippen molar-refractivity contribution >= 4 is 11.9 Å². The van der Waals surface area contributed by atoms with Crippen LogP contribution in [-0.2, 0) is 35.6 Å². The van der Waals surface area contributed by atoms with Crippen LogP contribution in [0.3, 0.4) is 0 Å². The van der Waals surface area contributed by atoms with E-state index in [1.54, 1.807) is 23.6 Å². The van der Waals surface area contributed by atoms with Crippen LogP contribution in [0.15, 0.2) is 30.3 Å². The van der Waals surface area contributed by atoms with Gasteiger partial charge in [-0.15, -0.1) is 0 Å². The topological polar surface area (TPSA) is 91.5 Å². The smallest absolute Gasteiger partial charge is 0.359 e. The fourth-order valence-corrected chi connectivity index (χ4v) is 4.16. The molecule has 0 spiro atoms. The molecule has 0 aliphatic carbocycles. The fraction of sp³-hybridized carbons (Fsp3) is 0.417. The molecule has 9 heteroatoms. The number of nitrogens with zero attached hydrogens (tertiary/aromatic N) is 5. The number of aromatic nitrogens is 4. The first-order valence-corrected chi connectivity index (χ1v) is 11.1. The molecule has 4 rings (SSSR count). The van der Waals surface area contributed by atoms with E-state index in [2.05, 4.69) is 10.2 Å². The lowest BCUT2D eigenvalue weighted by Gasteiger charge is -2.28. The van der Waals surface area contributed by atoms with Gasteiger partial charge in [-0.3, -0.25) is 14.2 Å². The van der Waals surface area contributed by atoms with Crippen molar-refractivity contribution < 1.29 is 19.1 Å². The highest BCUT2D eigenvalue weighted by molar-refractivity contribution is 5.89. The standard InChI is InChI=1S/C24H29N5O4/c1-5-33-24(31)23-20-14-27(22(30)15-28-17(3)12-16(2)25-28)11-10-21(20)29(26-23)13-18-6-8-19(32-4)9-7-18/h6-9,12H,5,10-11,13-15H2,1-4H3. The summed E-state index contributed by atoms with van der Waals surface area (Å²) in [5.41, 5.74) is 4.87. The van der Waals surface area contributed by atoms with Crippen molar-refractivity contribution in [3.63, 3.8) is 0 Å². The highest BCUT2D eigenvalue weighted by Gasteiger charge is 2.31. The zero-order valence-corrected chi connectivity index (χ0v) is 19.5. The number of hydrogen-bond acceptors (Lipinski definition) is 6. The Kier molecular flexibility index (Phi) is 6.48. The second kappa shape index (κ2) is 9.48. The minimum absolute atomic E-state index is 0.0374. The molecule has 0 saturated carbocycles. The number of benzene rings is 1. The molecule has 1 aliphatic rings. The van der Waals surface area contributed by atoms with Gasteiger partial charge >= 0.3 is 5.97 Å². The van der Waals surface area contributed by atoms with Crippen LogP contribution >= 0.6 is 0 Å². The van der Waals surface area contributed by atoms with Crippen molar-refractivity contribution in [2.24, 2.45) is 0 Å². The van der Waals surface area contributed by atoms with E-state index in [9.17, 15) is 9.59 Å². The highest BCUT2D eigenvalue weighted by atomic mass is 16.5. The number of ether oxygens (including phenoxy) is 2. The second-order valence-corrected chi connectivity index (χ2v) is 8.15. The number of fused-ring (bicyclic) bond motifs is 1. The molecule has 9 nitrogen and oxygen atoms in total. The van der Waals surface area contributed by atoms with Crippen LogP contribution in [0.1, 0.15) is 45.6 Å². The van der Waals surface area contributed by atoms with Crippen LogP contribution < -0.4 is 4.74 Å². The van der Waals surface area contributed by atoms with E-state index in [4.69, 9.17) is 9.47 Å². The van der Waals surface area contributed by atoms with Gasteiger partial charge in [0.2, 0.25) is 5.91 Å². The predicted molar refractivity (Wildman–Crippen MR) is 121 cm³/mol. The van der Waals surface area contributed by atoms with Gasteiger partial charge in [-0.25, -0.2) is 4.79 Å². The summed E-state index contributed by atoms with van der Waals surface area (Å²) >= 11 is 0. The van der Waals surface area contributed by atoms with Crippen molar-refractivity contribution in [1.29, 1.82) is 0 Å². The maximum atomic E-state index is 13.0. The summed E-state index contributed by atoms with van der Waals surface area (Å²) in [5, 5.41) is 8.99. The first kappa shape index (κ1) is 22.6. The van der Waals surface area contributed by atoms with E-state index in [0.717, 1.165) is 34.0 Å². The van der Waals surface area contributed by atoms with Crippen LogP contribution in [0.25, 0.3) is 0 Å². The van der Waals surface area contributed by atoms with E-state index in [1.807, 2.05) is 48.9 Å². The molecule has 0 saturated heterocycles. The molecular weight excluding hydrogens is 422 g/mol. The Bertz CT molecular complexity index is 1160. The normalized spacial score (nSPS) is 13.0. The van der Waals surface area contributed by atoms with Crippen LogP contribution in [-0.4, -0.2) is 56.6 Å². The molecule has 2 aromatic heterocycles. The second-order valence-electron chi connectivity index (χ2n) is 8.15. The largest absolute Gasteiger partial charge is 0.497 e. The van der Waals surface area contributed by atoms with Gasteiger partial charge in [0.15, 0.2) is 5.69 Å². The Balaban J connectivity index is 1.58. The van der Waals surface area contributed by atoms with Gasteiger partial charge in [-0.2, -0.15) is 10.2 Å². The third-order valence-corrected chi connectivity index (χ3v) is 5.84. The molecule has 0 unspecified atom stereocenters. The number of amides is 1. The Labute approximate surface area is 192 Å². The van der Waals surface area contributed by atoms with Crippen molar-refractivity contribution in [2.75, 3.05) is 20.3 Å². The average molecular weight is 452 g/mol. The van der Waals surface area contributed by atoms with Gasteiger partial charge in [0.25, 0.3) is 0 Å². The first-order valence-electron chi connectivity index (χ1n) is 11.1. The number of carbonyl (C=O) groups is 2. The first-order chi connectivity index (χ1) is 15.9. The number of aryl methyl sites for hydroxylation is 2. The minimum Gasteiger partial charge on any atom is -0.497 e. The molecule has 0 N–H and O–H groups in total. The van der Waals surface area contributed by atoms with Gasteiger partial charge in [0.05, 0.1) is 26.0 Å². The summed E-state index contributed by atoms with van der Waals surface area (Å²) in [4.78, 5) is 27.4. The Hall–Kier alpha value is -3.62. The lowest BCUT2D eigenvalue weighted by Crippen LogP contribution is -2.39. The number of esters is 1. The number of carbonyl (C=O) groups excluding carboxylic acids is 2. The molecule has 0 radical (unpaired) electrons. The molecular formula is C24H29N5O4. The Morgan fingerprint density at radius 1 is 1.09 bits per heavy atom. The molecule has 3 aromatic rings. The molecule has 3 heterocycles. The third kappa shape index (κ3) is 4.76. The van der Waals surface area contributed by atoms with Gasteiger partial charge in [0, 0.05) is 36.5 Å². The minimum atomic E-state index is -0.463. The number of methoxy groups -OCH3 is 1. The maximum Gasteiger partial charge on any atom is 0.359 e. The molecule has 174 valence electrons. The average Bonchev–Trinajstić information content (AvgIpc) is 3.32. The summed E-state index contributed by atoms with van der Waals surface area (Å²) in [6.45, 7) is 7.44. The van der Waals surface area contributed by atoms with Gasteiger partial charge < -0.3 is 14.4 Å². The Morgan fingerprint density at radius 3 is 2.48 bits per heavy atom. The van der Waals surface area contributed by atoms with Crippen LogP contribution in [0, 0.1) is 13.8 Å². The maximum absolute atomic E-state index is 13.0. The molecule has 0 fully saturated rings. The predicted octanol–water partition coefficient (Wildman–Crippen LogP) is 2.51. The van der Waals surface area contributed by atoms with Crippen LogP contribution in [0.2, 0.25) is 0 Å². The van der Waals surface area contributed by atoms with Crippen molar-refractivity contribution in [1.82, 2.24) is 24.5 Å². The van der Waals surface area contributed by atoms with E-state index < -0.39 is 5.97 Å². The summed E-state index contributed by atoms with van der Waals surface area (Å²) in [6, 6.07) is 9.70. The number of rotatable bonds is 7. The van der Waals surface area contributed by atoms with E-state index in [-0.39, 0.29) is 24.8 Å². The van der Waals surface area contributed by atoms with Crippen LogP contribution in [0.4, 0.5) is 0 Å². The Morgan fingerprint density at radius 2 is 1.85 bits per heavy atom. The SMILES string of the molecule is CCOC(=O)c1nn(Cc2ccc(OC)cc2)c2c1CN(C(=O)Cn1nc(C)cc1C)CC2. The van der Waals surface area contributed by atoms with Crippen LogP contribution in [0.5, 0.6) is 5.75 Å². The molecule has 1 aromatic carbocycles. The zero-order chi connectivity index (χ0) is 23.5. The van der Waals surface area contributed by atoms with Crippen molar-refractivity contribution in [3.05, 3.63) is 64.2 Å². The van der Waals surface area contributed by atoms with Gasteiger partial charge in [-0.05, 0) is 44.5 Å². The fourth-order valence-electron chi connectivity index (χ4n) is 4.16. The van der Waals surface area contributed by atoms with E-state index >= 15 is 0 Å². The zero-order valence-electron chi connectivity index (χ0n) is 19.5. The van der Waals surface area contributed by atoms with Gasteiger partial charge in [-0.1, -0.05) is 12.1 Å². The van der Waals surface area contributed by atoms with Crippen molar-refractivity contribution in [3.8, 4) is 5.75 Å². The summed E-state index contributed by atoms with van der Waals surface area (Å²) in [6.07, 6.45) is 0.612. The quantitative estimate of drug-likeness (QED) is 0.513. The molecule has 0 atom stereocenters. The molecule has 33 heavy (non-hydrogen) atoms. The monoisotopic (exact) mass is 451 g/mol. The summed E-state index contributed by atoms with van der Waals surface area (Å²) < 4.78 is 14.0. The lowest BCUT2D eigenvalue weighted by molar-refractivity contribution is -0.133. The highest BCUT2D eigenvalue weighted by Crippen LogP contribution is 2.25. The summed E-state index contributed by atoms with van der Waals surface area (Å²) in [7, 11) is 1.63. The van der Waals surface area contributed by atoms with Crippen molar-refractivity contribution in [2.45, 2.75) is 46.8 Å². The molecule has 0 bridgehead atoms. The van der Waals surface area contributed by atoms with E-state index in [0.29, 0.717) is 26.1 Å².